The van der Waals surface area contributed by atoms with Gasteiger partial charge in [-0.2, -0.15) is 4.98 Å². The fourth-order valence-corrected chi connectivity index (χ4v) is 3.43. The topological polar surface area (TPSA) is 35.5 Å². The van der Waals surface area contributed by atoms with E-state index >= 15 is 0 Å². The van der Waals surface area contributed by atoms with Crippen molar-refractivity contribution in [2.24, 2.45) is 0 Å². The van der Waals surface area contributed by atoms with Crippen LogP contribution in [0, 0.1) is 5.82 Å². The van der Waals surface area contributed by atoms with E-state index in [0.29, 0.717) is 0 Å². The van der Waals surface area contributed by atoms with Gasteiger partial charge in [0.2, 0.25) is 5.95 Å². The summed E-state index contributed by atoms with van der Waals surface area (Å²) in [5.74, 6) is 1.67. The number of rotatable bonds is 3. The van der Waals surface area contributed by atoms with Crippen molar-refractivity contribution in [3.63, 3.8) is 0 Å². The quantitative estimate of drug-likeness (QED) is 0.866. The Bertz CT molecular complexity index is 676. The first-order chi connectivity index (χ1) is 11.8. The molecule has 5 nitrogen and oxygen atoms in total. The van der Waals surface area contributed by atoms with Gasteiger partial charge in [0, 0.05) is 51.2 Å². The summed E-state index contributed by atoms with van der Waals surface area (Å²) in [5.41, 5.74) is 1.08. The maximum absolute atomic E-state index is 13.1. The zero-order valence-electron chi connectivity index (χ0n) is 13.7. The van der Waals surface area contributed by atoms with Crippen LogP contribution in [0.5, 0.6) is 0 Å². The van der Waals surface area contributed by atoms with E-state index in [-0.39, 0.29) is 5.82 Å². The maximum atomic E-state index is 13.1. The van der Waals surface area contributed by atoms with Gasteiger partial charge in [0.25, 0.3) is 0 Å². The molecular weight excluding hydrogens is 305 g/mol. The molecule has 0 saturated carbocycles. The van der Waals surface area contributed by atoms with Gasteiger partial charge >= 0.3 is 0 Å². The average molecular weight is 327 g/mol. The number of halogens is 1. The molecule has 24 heavy (non-hydrogen) atoms. The molecule has 1 aromatic carbocycles. The molecule has 2 fully saturated rings. The highest BCUT2D eigenvalue weighted by molar-refractivity contribution is 5.50. The van der Waals surface area contributed by atoms with Gasteiger partial charge in [-0.1, -0.05) is 0 Å². The summed E-state index contributed by atoms with van der Waals surface area (Å²) in [5, 5.41) is 0. The zero-order valence-corrected chi connectivity index (χ0v) is 13.7. The lowest BCUT2D eigenvalue weighted by Gasteiger charge is -2.36. The molecule has 0 spiro atoms. The van der Waals surface area contributed by atoms with Gasteiger partial charge in [-0.05, 0) is 43.2 Å². The molecule has 0 unspecified atom stereocenters. The summed E-state index contributed by atoms with van der Waals surface area (Å²) in [4.78, 5) is 16.0. The Hall–Kier alpha value is -2.37. The highest BCUT2D eigenvalue weighted by Crippen LogP contribution is 2.22. The fraction of sp³-hybridized carbons (Fsp3) is 0.444. The second-order valence-electron chi connectivity index (χ2n) is 6.36. The molecule has 0 N–H and O–H groups in total. The predicted molar refractivity (Wildman–Crippen MR) is 94.3 cm³/mol. The Morgan fingerprint density at radius 2 is 1.42 bits per heavy atom. The number of hydrogen-bond acceptors (Lipinski definition) is 5. The molecule has 3 heterocycles. The Kier molecular flexibility index (Phi) is 4.19. The first-order valence-corrected chi connectivity index (χ1v) is 8.63. The number of anilines is 3. The zero-order chi connectivity index (χ0) is 16.4. The van der Waals surface area contributed by atoms with E-state index in [1.54, 1.807) is 0 Å². The van der Waals surface area contributed by atoms with E-state index in [9.17, 15) is 4.39 Å². The van der Waals surface area contributed by atoms with E-state index < -0.39 is 0 Å². The SMILES string of the molecule is Fc1ccc(N2CCN(c3ccnc(N4CCCC4)n3)CC2)cc1. The molecule has 2 aliphatic heterocycles. The van der Waals surface area contributed by atoms with E-state index in [1.807, 2.05) is 24.4 Å². The molecule has 0 radical (unpaired) electrons. The van der Waals surface area contributed by atoms with Crippen molar-refractivity contribution in [1.82, 2.24) is 9.97 Å². The highest BCUT2D eigenvalue weighted by Gasteiger charge is 2.20. The molecule has 1 aromatic heterocycles. The van der Waals surface area contributed by atoms with Crippen LogP contribution in [-0.2, 0) is 0 Å². The third kappa shape index (κ3) is 3.13. The summed E-state index contributed by atoms with van der Waals surface area (Å²) in [6.45, 7) is 5.76. The van der Waals surface area contributed by atoms with Crippen molar-refractivity contribution in [2.75, 3.05) is 54.0 Å². The van der Waals surface area contributed by atoms with E-state index in [2.05, 4.69) is 19.7 Å². The largest absolute Gasteiger partial charge is 0.368 e. The van der Waals surface area contributed by atoms with E-state index in [4.69, 9.17) is 4.98 Å². The molecule has 4 rings (SSSR count). The minimum atomic E-state index is -0.187. The summed E-state index contributed by atoms with van der Waals surface area (Å²) in [6, 6.07) is 8.73. The molecule has 0 aliphatic carbocycles. The van der Waals surface area contributed by atoms with Crippen LogP contribution in [-0.4, -0.2) is 49.2 Å². The second kappa shape index (κ2) is 6.63. The summed E-state index contributed by atoms with van der Waals surface area (Å²) < 4.78 is 13.1. The standard InChI is InChI=1S/C18H22FN5/c19-15-3-5-16(6-4-15)22-11-13-23(14-12-22)17-7-8-20-18(21-17)24-9-1-2-10-24/h3-8H,1-2,9-14H2. The van der Waals surface area contributed by atoms with Crippen LogP contribution < -0.4 is 14.7 Å². The molecule has 2 aliphatic rings. The molecule has 0 atom stereocenters. The Balaban J connectivity index is 1.42. The van der Waals surface area contributed by atoms with Crippen LogP contribution in [0.3, 0.4) is 0 Å². The average Bonchev–Trinajstić information content (AvgIpc) is 3.17. The van der Waals surface area contributed by atoms with E-state index in [0.717, 1.165) is 56.7 Å². The Morgan fingerprint density at radius 1 is 0.750 bits per heavy atom. The van der Waals surface area contributed by atoms with Gasteiger partial charge in [-0.15, -0.1) is 0 Å². The van der Waals surface area contributed by atoms with Gasteiger partial charge in [0.05, 0.1) is 0 Å². The molecule has 6 heteroatoms. The number of piperazine rings is 1. The minimum absolute atomic E-state index is 0.187. The number of benzene rings is 1. The van der Waals surface area contributed by atoms with Crippen LogP contribution in [0.2, 0.25) is 0 Å². The maximum Gasteiger partial charge on any atom is 0.227 e. The lowest BCUT2D eigenvalue weighted by Crippen LogP contribution is -2.47. The van der Waals surface area contributed by atoms with Crippen LogP contribution in [0.25, 0.3) is 0 Å². The Morgan fingerprint density at radius 3 is 2.12 bits per heavy atom. The van der Waals surface area contributed by atoms with Crippen molar-refractivity contribution >= 4 is 17.5 Å². The molecule has 0 bridgehead atoms. The number of hydrogen-bond donors (Lipinski definition) is 0. The minimum Gasteiger partial charge on any atom is -0.368 e. The van der Waals surface area contributed by atoms with Gasteiger partial charge in [-0.3, -0.25) is 0 Å². The first kappa shape index (κ1) is 15.2. The normalized spacial score (nSPS) is 18.3. The summed E-state index contributed by atoms with van der Waals surface area (Å²) in [6.07, 6.45) is 4.32. The fourth-order valence-electron chi connectivity index (χ4n) is 3.43. The van der Waals surface area contributed by atoms with Gasteiger partial charge in [0.15, 0.2) is 0 Å². The first-order valence-electron chi connectivity index (χ1n) is 8.63. The van der Waals surface area contributed by atoms with Gasteiger partial charge in [0.1, 0.15) is 11.6 Å². The van der Waals surface area contributed by atoms with Crippen molar-refractivity contribution in [3.8, 4) is 0 Å². The lowest BCUT2D eigenvalue weighted by atomic mass is 10.2. The number of nitrogens with zero attached hydrogens (tertiary/aromatic N) is 5. The van der Waals surface area contributed by atoms with Crippen molar-refractivity contribution in [3.05, 3.63) is 42.3 Å². The Labute approximate surface area is 141 Å². The van der Waals surface area contributed by atoms with Crippen molar-refractivity contribution in [1.29, 1.82) is 0 Å². The predicted octanol–water partition coefficient (Wildman–Crippen LogP) is 2.54. The molecular formula is C18H22FN5. The van der Waals surface area contributed by atoms with Gasteiger partial charge < -0.3 is 14.7 Å². The lowest BCUT2D eigenvalue weighted by molar-refractivity contribution is 0.624. The van der Waals surface area contributed by atoms with Crippen molar-refractivity contribution < 1.29 is 4.39 Å². The second-order valence-corrected chi connectivity index (χ2v) is 6.36. The van der Waals surface area contributed by atoms with Gasteiger partial charge in [-0.25, -0.2) is 9.37 Å². The monoisotopic (exact) mass is 327 g/mol. The van der Waals surface area contributed by atoms with Crippen LogP contribution in [0.4, 0.5) is 21.8 Å². The summed E-state index contributed by atoms with van der Waals surface area (Å²) >= 11 is 0. The van der Waals surface area contributed by atoms with Crippen molar-refractivity contribution in [2.45, 2.75) is 12.8 Å². The highest BCUT2D eigenvalue weighted by atomic mass is 19.1. The summed E-state index contributed by atoms with van der Waals surface area (Å²) in [7, 11) is 0. The van der Waals surface area contributed by atoms with Crippen LogP contribution in [0.1, 0.15) is 12.8 Å². The molecule has 2 aromatic rings. The van der Waals surface area contributed by atoms with Crippen LogP contribution >= 0.6 is 0 Å². The van der Waals surface area contributed by atoms with E-state index in [1.165, 1.54) is 25.0 Å². The molecule has 0 amide bonds. The third-order valence-electron chi connectivity index (χ3n) is 4.81. The number of aromatic nitrogens is 2. The van der Waals surface area contributed by atoms with Crippen LogP contribution in [0.15, 0.2) is 36.5 Å². The smallest absolute Gasteiger partial charge is 0.227 e. The third-order valence-corrected chi connectivity index (χ3v) is 4.81. The molecule has 126 valence electrons. The molecule has 2 saturated heterocycles.